The molecule has 0 aromatic heterocycles. The zero-order valence-electron chi connectivity index (χ0n) is 41.6. The van der Waals surface area contributed by atoms with Gasteiger partial charge in [-0.1, -0.05) is 272 Å². The Labute approximate surface area is 380 Å². The molecular weight excluding hydrogens is 757 g/mol. The summed E-state index contributed by atoms with van der Waals surface area (Å²) in [6.45, 7) is 9.03. The van der Waals surface area contributed by atoms with E-state index in [0.717, 1.165) is 63.7 Å². The highest BCUT2D eigenvalue weighted by Gasteiger charge is 2.19. The molecule has 0 saturated carbocycles. The van der Waals surface area contributed by atoms with E-state index >= 15 is 0 Å². The van der Waals surface area contributed by atoms with E-state index in [0.29, 0.717) is 19.3 Å². The molecule has 0 aliphatic rings. The predicted octanol–water partition coefficient (Wildman–Crippen LogP) is 17.8. The molecule has 0 radical (unpaired) electrons. The summed E-state index contributed by atoms with van der Waals surface area (Å²) in [4.78, 5) is 38.0. The number of carbonyl (C=O) groups is 3. The van der Waals surface area contributed by atoms with Gasteiger partial charge in [0.1, 0.15) is 13.2 Å². The van der Waals surface area contributed by atoms with E-state index in [1.54, 1.807) is 0 Å². The highest BCUT2D eigenvalue weighted by Crippen LogP contribution is 2.17. The minimum absolute atomic E-state index is 0.0625. The average molecular weight is 863 g/mol. The van der Waals surface area contributed by atoms with Crippen LogP contribution in [0.1, 0.15) is 310 Å². The maximum atomic E-state index is 12.8. The third-order valence-electron chi connectivity index (χ3n) is 12.5. The van der Waals surface area contributed by atoms with Crippen LogP contribution < -0.4 is 0 Å². The molecule has 0 aromatic carbocycles. The molecule has 362 valence electrons. The molecule has 0 aliphatic carbocycles. The van der Waals surface area contributed by atoms with Crippen LogP contribution in [0.15, 0.2) is 0 Å². The van der Waals surface area contributed by atoms with Crippen molar-refractivity contribution >= 4 is 17.9 Å². The van der Waals surface area contributed by atoms with Gasteiger partial charge >= 0.3 is 17.9 Å². The van der Waals surface area contributed by atoms with Crippen molar-refractivity contribution in [1.82, 2.24) is 0 Å². The van der Waals surface area contributed by atoms with Gasteiger partial charge in [-0.3, -0.25) is 14.4 Å². The summed E-state index contributed by atoms with van der Waals surface area (Å²) in [6.07, 6.45) is 52.3. The Kier molecular flexibility index (Phi) is 48.1. The van der Waals surface area contributed by atoms with Gasteiger partial charge in [-0.05, 0) is 25.2 Å². The SMILES string of the molecule is CCCCCCCCCCCCCCCCCCCCC(=O)O[C@H](COC(=O)CCCCCCCCCCCCCC)COC(=O)CCCCCCCCCCCCC(C)C. The third-order valence-corrected chi connectivity index (χ3v) is 12.5. The normalized spacial score (nSPS) is 12.0. The summed E-state index contributed by atoms with van der Waals surface area (Å²) in [5.74, 6) is -0.0225. The van der Waals surface area contributed by atoms with Gasteiger partial charge in [0.05, 0.1) is 0 Å². The maximum Gasteiger partial charge on any atom is 0.306 e. The highest BCUT2D eigenvalue weighted by atomic mass is 16.6. The van der Waals surface area contributed by atoms with Crippen LogP contribution in [0.4, 0.5) is 0 Å². The van der Waals surface area contributed by atoms with Crippen LogP contribution in [0.5, 0.6) is 0 Å². The second-order valence-electron chi connectivity index (χ2n) is 19.3. The van der Waals surface area contributed by atoms with Gasteiger partial charge in [0.15, 0.2) is 6.10 Å². The lowest BCUT2D eigenvalue weighted by molar-refractivity contribution is -0.167. The first-order valence-electron chi connectivity index (χ1n) is 27.4. The predicted molar refractivity (Wildman–Crippen MR) is 261 cm³/mol. The molecular formula is C55H106O6. The van der Waals surface area contributed by atoms with E-state index in [9.17, 15) is 14.4 Å². The van der Waals surface area contributed by atoms with Crippen molar-refractivity contribution in [2.45, 2.75) is 316 Å². The highest BCUT2D eigenvalue weighted by molar-refractivity contribution is 5.71. The second-order valence-corrected chi connectivity index (χ2v) is 19.3. The monoisotopic (exact) mass is 863 g/mol. The fourth-order valence-corrected chi connectivity index (χ4v) is 8.39. The van der Waals surface area contributed by atoms with E-state index in [2.05, 4.69) is 27.7 Å². The third kappa shape index (κ3) is 49.3. The van der Waals surface area contributed by atoms with Crippen LogP contribution in [0.2, 0.25) is 0 Å². The number of hydrogen-bond acceptors (Lipinski definition) is 6. The van der Waals surface area contributed by atoms with Crippen LogP contribution in [0.3, 0.4) is 0 Å². The molecule has 1 atom stereocenters. The summed E-state index contributed by atoms with van der Waals surface area (Å²) in [5.41, 5.74) is 0. The van der Waals surface area contributed by atoms with Crippen molar-refractivity contribution in [2.75, 3.05) is 13.2 Å². The Morgan fingerprint density at radius 2 is 0.541 bits per heavy atom. The Morgan fingerprint density at radius 1 is 0.311 bits per heavy atom. The summed E-state index contributed by atoms with van der Waals surface area (Å²) >= 11 is 0. The first kappa shape index (κ1) is 59.4. The fourth-order valence-electron chi connectivity index (χ4n) is 8.39. The number of esters is 3. The average Bonchev–Trinajstić information content (AvgIpc) is 3.24. The zero-order chi connectivity index (χ0) is 44.5. The molecule has 0 saturated heterocycles. The number of rotatable bonds is 50. The lowest BCUT2D eigenvalue weighted by atomic mass is 10.0. The first-order chi connectivity index (χ1) is 29.9. The summed E-state index contributed by atoms with van der Waals surface area (Å²) in [7, 11) is 0. The molecule has 6 nitrogen and oxygen atoms in total. The van der Waals surface area contributed by atoms with E-state index in [1.165, 1.54) is 205 Å². The smallest absolute Gasteiger partial charge is 0.306 e. The van der Waals surface area contributed by atoms with Crippen molar-refractivity contribution in [3.8, 4) is 0 Å². The van der Waals surface area contributed by atoms with Crippen molar-refractivity contribution < 1.29 is 28.6 Å². The van der Waals surface area contributed by atoms with Crippen molar-refractivity contribution in [3.63, 3.8) is 0 Å². The van der Waals surface area contributed by atoms with Gasteiger partial charge in [0.25, 0.3) is 0 Å². The molecule has 0 aliphatic heterocycles. The zero-order valence-corrected chi connectivity index (χ0v) is 41.6. The van der Waals surface area contributed by atoms with Gasteiger partial charge in [-0.15, -0.1) is 0 Å². The number of hydrogen-bond donors (Lipinski definition) is 0. The molecule has 0 rings (SSSR count). The van der Waals surface area contributed by atoms with Crippen LogP contribution in [-0.2, 0) is 28.6 Å². The second kappa shape index (κ2) is 49.4. The minimum Gasteiger partial charge on any atom is -0.462 e. The Balaban J connectivity index is 4.28. The maximum absolute atomic E-state index is 12.8. The lowest BCUT2D eigenvalue weighted by Crippen LogP contribution is -2.30. The number of unbranched alkanes of at least 4 members (excludes halogenated alkanes) is 37. The molecule has 61 heavy (non-hydrogen) atoms. The van der Waals surface area contributed by atoms with Crippen LogP contribution in [0, 0.1) is 5.92 Å². The molecule has 0 unspecified atom stereocenters. The Hall–Kier alpha value is -1.59. The minimum atomic E-state index is -0.761. The Morgan fingerprint density at radius 3 is 0.803 bits per heavy atom. The van der Waals surface area contributed by atoms with Crippen molar-refractivity contribution in [1.29, 1.82) is 0 Å². The van der Waals surface area contributed by atoms with E-state index < -0.39 is 6.10 Å². The van der Waals surface area contributed by atoms with Gasteiger partial charge in [0.2, 0.25) is 0 Å². The first-order valence-corrected chi connectivity index (χ1v) is 27.4. The molecule has 0 heterocycles. The standard InChI is InChI=1S/C55H106O6/c1-5-7-9-11-13-15-17-19-20-21-22-23-24-26-32-36-40-44-48-55(58)61-52(49-59-53(56)46-42-38-34-30-25-18-16-14-12-10-8-6-2)50-60-54(57)47-43-39-35-31-28-27-29-33-37-41-45-51(3)4/h51-52H,5-50H2,1-4H3/t52-/m1/s1. The van der Waals surface area contributed by atoms with Crippen molar-refractivity contribution in [2.24, 2.45) is 5.92 Å². The van der Waals surface area contributed by atoms with E-state index in [1.807, 2.05) is 0 Å². The van der Waals surface area contributed by atoms with Gasteiger partial charge in [-0.25, -0.2) is 0 Å². The van der Waals surface area contributed by atoms with E-state index in [-0.39, 0.29) is 31.1 Å². The Bertz CT molecular complexity index is 918. The van der Waals surface area contributed by atoms with Crippen LogP contribution >= 0.6 is 0 Å². The van der Waals surface area contributed by atoms with Crippen LogP contribution in [0.25, 0.3) is 0 Å². The molecule has 0 bridgehead atoms. The topological polar surface area (TPSA) is 78.9 Å². The number of ether oxygens (including phenoxy) is 3. The van der Waals surface area contributed by atoms with Crippen molar-refractivity contribution in [3.05, 3.63) is 0 Å². The quantitative estimate of drug-likeness (QED) is 0.0344. The summed E-state index contributed by atoms with van der Waals surface area (Å²) < 4.78 is 16.8. The van der Waals surface area contributed by atoms with Gasteiger partial charge in [-0.2, -0.15) is 0 Å². The van der Waals surface area contributed by atoms with Gasteiger partial charge in [0, 0.05) is 19.3 Å². The summed E-state index contributed by atoms with van der Waals surface area (Å²) in [5, 5.41) is 0. The molecule has 6 heteroatoms. The molecule has 0 amide bonds. The molecule has 0 fully saturated rings. The number of carbonyl (C=O) groups excluding carboxylic acids is 3. The summed E-state index contributed by atoms with van der Waals surface area (Å²) in [6, 6.07) is 0. The van der Waals surface area contributed by atoms with E-state index in [4.69, 9.17) is 14.2 Å². The molecule has 0 spiro atoms. The fraction of sp³-hybridized carbons (Fsp3) is 0.945. The van der Waals surface area contributed by atoms with Crippen LogP contribution in [-0.4, -0.2) is 37.2 Å². The lowest BCUT2D eigenvalue weighted by Gasteiger charge is -2.18. The van der Waals surface area contributed by atoms with Gasteiger partial charge < -0.3 is 14.2 Å². The molecule has 0 N–H and O–H groups in total. The molecule has 0 aromatic rings. The largest absolute Gasteiger partial charge is 0.462 e.